The molecule has 2 aromatic rings. The number of benzene rings is 2. The molecule has 1 unspecified atom stereocenters. The van der Waals surface area contributed by atoms with E-state index in [1.807, 2.05) is 62.9 Å². The van der Waals surface area contributed by atoms with Gasteiger partial charge in [0.15, 0.2) is 0 Å². The minimum Gasteiger partial charge on any atom is -0.337 e. The molecule has 2 N–H and O–H groups in total. The van der Waals surface area contributed by atoms with Gasteiger partial charge in [-0.05, 0) is 49.1 Å². The molecule has 0 aliphatic carbocycles. The van der Waals surface area contributed by atoms with Crippen molar-refractivity contribution in [3.63, 3.8) is 0 Å². The van der Waals surface area contributed by atoms with E-state index in [1.54, 1.807) is 17.0 Å². The van der Waals surface area contributed by atoms with Crippen LogP contribution in [0.3, 0.4) is 0 Å². The van der Waals surface area contributed by atoms with E-state index in [0.29, 0.717) is 36.4 Å². The maximum Gasteiger partial charge on any atom is 0.253 e. The molecule has 2 heterocycles. The van der Waals surface area contributed by atoms with E-state index in [1.165, 1.54) is 0 Å². The molecule has 1 fully saturated rings. The Bertz CT molecular complexity index is 1100. The highest BCUT2D eigenvalue weighted by Gasteiger charge is 2.35. The van der Waals surface area contributed by atoms with Gasteiger partial charge in [-0.3, -0.25) is 14.4 Å². The van der Waals surface area contributed by atoms with Gasteiger partial charge in [-0.25, -0.2) is 0 Å². The smallest absolute Gasteiger partial charge is 0.253 e. The highest BCUT2D eigenvalue weighted by molar-refractivity contribution is 6.06. The summed E-state index contributed by atoms with van der Waals surface area (Å²) in [5.41, 5.74) is 3.47. The van der Waals surface area contributed by atoms with E-state index in [2.05, 4.69) is 10.6 Å². The molecule has 35 heavy (non-hydrogen) atoms. The SMILES string of the molecule is Cc1ccc(C2CC(=O)Nc3cc(C(=O)N4CCCNCC4)ccc3N2C(=O)CC(C)(C)C)cc1. The predicted octanol–water partition coefficient (Wildman–Crippen LogP) is 4.28. The van der Waals surface area contributed by atoms with Crippen molar-refractivity contribution in [2.24, 2.45) is 5.41 Å². The van der Waals surface area contributed by atoms with Crippen LogP contribution in [0.2, 0.25) is 0 Å². The summed E-state index contributed by atoms with van der Waals surface area (Å²) in [6.45, 7) is 11.1. The van der Waals surface area contributed by atoms with Crippen molar-refractivity contribution in [2.45, 2.75) is 53.0 Å². The fourth-order valence-corrected chi connectivity index (χ4v) is 4.75. The lowest BCUT2D eigenvalue weighted by atomic mass is 9.90. The van der Waals surface area contributed by atoms with Crippen LogP contribution in [0, 0.1) is 12.3 Å². The van der Waals surface area contributed by atoms with E-state index in [4.69, 9.17) is 0 Å². The number of nitrogens with zero attached hydrogens (tertiary/aromatic N) is 2. The fourth-order valence-electron chi connectivity index (χ4n) is 4.75. The first-order valence-corrected chi connectivity index (χ1v) is 12.4. The second-order valence-electron chi connectivity index (χ2n) is 10.8. The Morgan fingerprint density at radius 3 is 2.49 bits per heavy atom. The number of amides is 3. The van der Waals surface area contributed by atoms with Crippen LogP contribution < -0.4 is 15.5 Å². The van der Waals surface area contributed by atoms with Crippen molar-refractivity contribution in [3.8, 4) is 0 Å². The molecule has 186 valence electrons. The summed E-state index contributed by atoms with van der Waals surface area (Å²) < 4.78 is 0. The summed E-state index contributed by atoms with van der Waals surface area (Å²) in [5.74, 6) is -0.275. The largest absolute Gasteiger partial charge is 0.337 e. The Morgan fingerprint density at radius 1 is 1.03 bits per heavy atom. The van der Waals surface area contributed by atoms with Gasteiger partial charge < -0.3 is 20.4 Å². The number of nitrogens with one attached hydrogen (secondary N) is 2. The monoisotopic (exact) mass is 476 g/mol. The number of anilines is 2. The molecule has 0 aromatic heterocycles. The van der Waals surface area contributed by atoms with E-state index in [0.717, 1.165) is 30.6 Å². The Hall–Kier alpha value is -3.19. The number of rotatable bonds is 3. The highest BCUT2D eigenvalue weighted by atomic mass is 16.2. The average molecular weight is 477 g/mol. The lowest BCUT2D eigenvalue weighted by Gasteiger charge is -2.33. The zero-order valence-corrected chi connectivity index (χ0v) is 21.2. The third-order valence-electron chi connectivity index (χ3n) is 6.51. The zero-order valence-electron chi connectivity index (χ0n) is 21.2. The average Bonchev–Trinajstić information content (AvgIpc) is 3.14. The normalized spacial score (nSPS) is 18.9. The van der Waals surface area contributed by atoms with E-state index in [-0.39, 0.29) is 29.6 Å². The molecular formula is C28H36N4O3. The molecule has 1 atom stereocenters. The summed E-state index contributed by atoms with van der Waals surface area (Å²) in [5, 5.41) is 6.29. The van der Waals surface area contributed by atoms with Crippen molar-refractivity contribution < 1.29 is 14.4 Å². The standard InChI is InChI=1S/C28H36N4O3/c1-19-6-8-20(9-7-19)24-17-25(33)30-22-16-21(27(35)31-14-5-12-29-13-15-31)10-11-23(22)32(24)26(34)18-28(2,3)4/h6-11,16,24,29H,5,12-15,17-18H2,1-4H3,(H,30,33). The second kappa shape index (κ2) is 10.2. The van der Waals surface area contributed by atoms with E-state index < -0.39 is 6.04 Å². The molecule has 7 nitrogen and oxygen atoms in total. The number of carbonyl (C=O) groups is 3. The molecule has 0 spiro atoms. The number of hydrogen-bond donors (Lipinski definition) is 2. The van der Waals surface area contributed by atoms with Crippen LogP contribution in [0.1, 0.15) is 67.6 Å². The summed E-state index contributed by atoms with van der Waals surface area (Å²) in [4.78, 5) is 43.6. The van der Waals surface area contributed by atoms with Gasteiger partial charge in [-0.2, -0.15) is 0 Å². The fraction of sp³-hybridized carbons (Fsp3) is 0.464. The van der Waals surface area contributed by atoms with Crippen LogP contribution in [-0.2, 0) is 9.59 Å². The molecule has 2 aliphatic heterocycles. The summed E-state index contributed by atoms with van der Waals surface area (Å²) >= 11 is 0. The van der Waals surface area contributed by atoms with Gasteiger partial charge in [0, 0.05) is 31.6 Å². The van der Waals surface area contributed by atoms with Gasteiger partial charge in [-0.15, -0.1) is 0 Å². The zero-order chi connectivity index (χ0) is 25.2. The van der Waals surface area contributed by atoms with Crippen LogP contribution in [-0.4, -0.2) is 48.8 Å². The Morgan fingerprint density at radius 2 is 1.77 bits per heavy atom. The number of aryl methyl sites for hydroxylation is 1. The van der Waals surface area contributed by atoms with Crippen LogP contribution in [0.15, 0.2) is 42.5 Å². The van der Waals surface area contributed by atoms with Gasteiger partial charge >= 0.3 is 0 Å². The van der Waals surface area contributed by atoms with Crippen molar-refractivity contribution in [2.75, 3.05) is 36.4 Å². The maximum atomic E-state index is 13.7. The Balaban J connectivity index is 1.75. The summed E-state index contributed by atoms with van der Waals surface area (Å²) in [7, 11) is 0. The van der Waals surface area contributed by atoms with Gasteiger partial charge in [-0.1, -0.05) is 50.6 Å². The third-order valence-corrected chi connectivity index (χ3v) is 6.51. The van der Waals surface area contributed by atoms with Gasteiger partial charge in [0.05, 0.1) is 23.8 Å². The molecule has 0 radical (unpaired) electrons. The van der Waals surface area contributed by atoms with Crippen molar-refractivity contribution in [1.29, 1.82) is 0 Å². The topological polar surface area (TPSA) is 81.8 Å². The number of carbonyl (C=O) groups excluding carboxylic acids is 3. The lowest BCUT2D eigenvalue weighted by Crippen LogP contribution is -2.37. The number of hydrogen-bond acceptors (Lipinski definition) is 4. The molecule has 2 aliphatic rings. The quantitative estimate of drug-likeness (QED) is 0.693. The van der Waals surface area contributed by atoms with E-state index >= 15 is 0 Å². The second-order valence-corrected chi connectivity index (χ2v) is 10.8. The van der Waals surface area contributed by atoms with Crippen molar-refractivity contribution in [3.05, 3.63) is 59.2 Å². The first-order valence-electron chi connectivity index (χ1n) is 12.4. The summed E-state index contributed by atoms with van der Waals surface area (Å²) in [6, 6.07) is 12.9. The maximum absolute atomic E-state index is 13.7. The minimum absolute atomic E-state index is 0.0431. The van der Waals surface area contributed by atoms with Crippen LogP contribution in [0.4, 0.5) is 11.4 Å². The van der Waals surface area contributed by atoms with Crippen LogP contribution in [0.25, 0.3) is 0 Å². The number of fused-ring (bicyclic) bond motifs is 1. The van der Waals surface area contributed by atoms with Crippen molar-refractivity contribution >= 4 is 29.1 Å². The van der Waals surface area contributed by atoms with E-state index in [9.17, 15) is 14.4 Å². The third kappa shape index (κ3) is 5.90. The molecule has 3 amide bonds. The van der Waals surface area contributed by atoms with Crippen LogP contribution >= 0.6 is 0 Å². The Kier molecular flexibility index (Phi) is 7.26. The first kappa shape index (κ1) is 24.9. The lowest BCUT2D eigenvalue weighted by molar-refractivity contribution is -0.121. The van der Waals surface area contributed by atoms with Crippen molar-refractivity contribution in [1.82, 2.24) is 10.2 Å². The summed E-state index contributed by atoms with van der Waals surface area (Å²) in [6.07, 6.45) is 1.39. The van der Waals surface area contributed by atoms with Gasteiger partial charge in [0.2, 0.25) is 11.8 Å². The molecule has 0 saturated carbocycles. The molecule has 2 aromatic carbocycles. The Labute approximate surface area is 207 Å². The highest BCUT2D eigenvalue weighted by Crippen LogP contribution is 2.40. The minimum atomic E-state index is -0.426. The molecule has 0 bridgehead atoms. The molecular weight excluding hydrogens is 440 g/mol. The molecule has 7 heteroatoms. The van der Waals surface area contributed by atoms with Gasteiger partial charge in [0.1, 0.15) is 0 Å². The van der Waals surface area contributed by atoms with Gasteiger partial charge in [0.25, 0.3) is 5.91 Å². The van der Waals surface area contributed by atoms with Crippen LogP contribution in [0.5, 0.6) is 0 Å². The first-order chi connectivity index (χ1) is 16.6. The predicted molar refractivity (Wildman–Crippen MR) is 139 cm³/mol. The molecule has 1 saturated heterocycles. The molecule has 4 rings (SSSR count).